The first-order valence-corrected chi connectivity index (χ1v) is 9.77. The predicted octanol–water partition coefficient (Wildman–Crippen LogP) is 5.44. The average molecular weight is 395 g/mol. The number of hydrogen-bond acceptors (Lipinski definition) is 2. The van der Waals surface area contributed by atoms with Gasteiger partial charge in [0.05, 0.1) is 5.69 Å². The number of amides is 1. The van der Waals surface area contributed by atoms with Gasteiger partial charge in [0.25, 0.3) is 0 Å². The van der Waals surface area contributed by atoms with Gasteiger partial charge in [-0.05, 0) is 36.5 Å². The zero-order valence-corrected chi connectivity index (χ0v) is 16.8. The molecule has 0 unspecified atom stereocenters. The third kappa shape index (κ3) is 3.50. The molecule has 0 fully saturated rings. The normalized spacial score (nSPS) is 21.4. The molecule has 1 heterocycles. The van der Waals surface area contributed by atoms with Gasteiger partial charge in [-0.3, -0.25) is 14.5 Å². The Labute approximate surface area is 169 Å². The first-order chi connectivity index (χ1) is 13.7. The van der Waals surface area contributed by atoms with Gasteiger partial charge in [0.15, 0.2) is 5.78 Å². The summed E-state index contributed by atoms with van der Waals surface area (Å²) in [5, 5.41) is 0. The maximum absolute atomic E-state index is 14.6. The topological polar surface area (TPSA) is 37.4 Å². The molecule has 0 radical (unpaired) electrons. The molecule has 1 aliphatic heterocycles. The largest absolute Gasteiger partial charge is 0.294 e. The van der Waals surface area contributed by atoms with Gasteiger partial charge in [-0.1, -0.05) is 43.7 Å². The second-order valence-electron chi connectivity index (χ2n) is 8.79. The zero-order chi connectivity index (χ0) is 20.9. The van der Waals surface area contributed by atoms with E-state index in [-0.39, 0.29) is 35.1 Å². The number of aryl methyl sites for hydroxylation is 1. The zero-order valence-electron chi connectivity index (χ0n) is 16.8. The molecular formula is C24H23F2NO2. The molecule has 2 aromatic carbocycles. The van der Waals surface area contributed by atoms with Gasteiger partial charge < -0.3 is 0 Å². The third-order valence-corrected chi connectivity index (χ3v) is 5.77. The first-order valence-electron chi connectivity index (χ1n) is 9.77. The summed E-state index contributed by atoms with van der Waals surface area (Å²) < 4.78 is 28.0. The van der Waals surface area contributed by atoms with Crippen molar-refractivity contribution >= 4 is 17.4 Å². The van der Waals surface area contributed by atoms with Crippen LogP contribution in [-0.4, -0.2) is 11.7 Å². The fraction of sp³-hybridized carbons (Fsp3) is 0.333. The highest BCUT2D eigenvalue weighted by Gasteiger charge is 2.44. The number of hydrogen-bond donors (Lipinski definition) is 0. The van der Waals surface area contributed by atoms with Crippen LogP contribution < -0.4 is 4.90 Å². The molecule has 29 heavy (non-hydrogen) atoms. The summed E-state index contributed by atoms with van der Waals surface area (Å²) in [6.07, 6.45) is 0.923. The molecule has 1 atom stereocenters. The third-order valence-electron chi connectivity index (χ3n) is 5.77. The van der Waals surface area contributed by atoms with E-state index in [1.807, 2.05) is 45.0 Å². The van der Waals surface area contributed by atoms with Crippen LogP contribution in [0.25, 0.3) is 0 Å². The van der Waals surface area contributed by atoms with Gasteiger partial charge in [-0.15, -0.1) is 0 Å². The molecule has 150 valence electrons. The van der Waals surface area contributed by atoms with Gasteiger partial charge in [0.2, 0.25) is 5.91 Å². The maximum atomic E-state index is 14.6. The van der Waals surface area contributed by atoms with Crippen LogP contribution in [0.15, 0.2) is 53.7 Å². The van der Waals surface area contributed by atoms with Gasteiger partial charge >= 0.3 is 0 Å². The quantitative estimate of drug-likeness (QED) is 0.679. The molecule has 5 heteroatoms. The first kappa shape index (κ1) is 19.5. The van der Waals surface area contributed by atoms with Crippen molar-refractivity contribution in [1.29, 1.82) is 0 Å². The summed E-state index contributed by atoms with van der Waals surface area (Å²) in [7, 11) is 0. The van der Waals surface area contributed by atoms with Gasteiger partial charge in [0.1, 0.15) is 11.6 Å². The summed E-state index contributed by atoms with van der Waals surface area (Å²) in [6.45, 7) is 5.91. The molecule has 1 aliphatic carbocycles. The van der Waals surface area contributed by atoms with Crippen molar-refractivity contribution in [2.24, 2.45) is 5.41 Å². The van der Waals surface area contributed by atoms with E-state index in [1.54, 1.807) is 0 Å². The van der Waals surface area contributed by atoms with Crippen LogP contribution in [0.5, 0.6) is 0 Å². The summed E-state index contributed by atoms with van der Waals surface area (Å²) in [4.78, 5) is 27.6. The number of allylic oxidation sites excluding steroid dienone is 2. The number of ketones is 1. The van der Waals surface area contributed by atoms with E-state index in [0.717, 1.165) is 23.3 Å². The number of halogens is 2. The van der Waals surface area contributed by atoms with Crippen LogP contribution in [0.3, 0.4) is 0 Å². The van der Waals surface area contributed by atoms with E-state index in [4.69, 9.17) is 0 Å². The Balaban J connectivity index is 1.91. The number of nitrogens with zero attached hydrogens (tertiary/aromatic N) is 1. The molecular weight excluding hydrogens is 372 g/mol. The van der Waals surface area contributed by atoms with Crippen LogP contribution in [0.4, 0.5) is 14.5 Å². The number of rotatable bonds is 2. The van der Waals surface area contributed by atoms with Crippen molar-refractivity contribution < 1.29 is 18.4 Å². The maximum Gasteiger partial charge on any atom is 0.232 e. The van der Waals surface area contributed by atoms with Gasteiger partial charge in [-0.2, -0.15) is 0 Å². The van der Waals surface area contributed by atoms with Crippen LogP contribution >= 0.6 is 0 Å². The molecule has 3 nitrogen and oxygen atoms in total. The number of carbonyl (C=O) groups is 2. The van der Waals surface area contributed by atoms with E-state index < -0.39 is 11.6 Å². The monoisotopic (exact) mass is 395 g/mol. The van der Waals surface area contributed by atoms with Crippen molar-refractivity contribution in [3.8, 4) is 0 Å². The molecule has 0 aromatic heterocycles. The number of Topliss-reactive ketones (excluding diaryl/α,β-unsaturated/α-hetero) is 1. The lowest BCUT2D eigenvalue weighted by atomic mass is 9.69. The minimum Gasteiger partial charge on any atom is -0.294 e. The summed E-state index contributed by atoms with van der Waals surface area (Å²) >= 11 is 0. The van der Waals surface area contributed by atoms with E-state index in [0.29, 0.717) is 24.1 Å². The number of carbonyl (C=O) groups excluding carboxylic acids is 2. The summed E-state index contributed by atoms with van der Waals surface area (Å²) in [5.41, 5.74) is 2.77. The Bertz CT molecular complexity index is 1040. The fourth-order valence-electron chi connectivity index (χ4n) is 4.44. The van der Waals surface area contributed by atoms with Crippen LogP contribution in [-0.2, 0) is 9.59 Å². The molecule has 1 amide bonds. The fourth-order valence-corrected chi connectivity index (χ4v) is 4.44. The van der Waals surface area contributed by atoms with Crippen LogP contribution in [0.1, 0.15) is 50.2 Å². The van der Waals surface area contributed by atoms with Crippen molar-refractivity contribution in [3.05, 3.63) is 76.5 Å². The van der Waals surface area contributed by atoms with Gasteiger partial charge in [0, 0.05) is 36.1 Å². The van der Waals surface area contributed by atoms with Crippen LogP contribution in [0.2, 0.25) is 0 Å². The number of benzene rings is 2. The molecule has 0 spiro atoms. The Hall–Kier alpha value is -2.82. The molecule has 2 aromatic rings. The lowest BCUT2D eigenvalue weighted by Crippen LogP contribution is -2.44. The highest BCUT2D eigenvalue weighted by molar-refractivity contribution is 6.07. The lowest BCUT2D eigenvalue weighted by Gasteiger charge is -2.43. The predicted molar refractivity (Wildman–Crippen MR) is 107 cm³/mol. The second-order valence-corrected chi connectivity index (χ2v) is 8.79. The minimum atomic E-state index is -0.810. The van der Waals surface area contributed by atoms with E-state index in [2.05, 4.69) is 0 Å². The Morgan fingerprint density at radius 1 is 1.00 bits per heavy atom. The van der Waals surface area contributed by atoms with Crippen molar-refractivity contribution in [3.63, 3.8) is 0 Å². The SMILES string of the molecule is Cc1ccc([C@H]2CC(=O)N(c3ccc(F)cc3F)C3=C2C(=O)CC(C)(C)C3)cc1. The Morgan fingerprint density at radius 2 is 1.69 bits per heavy atom. The van der Waals surface area contributed by atoms with E-state index in [9.17, 15) is 18.4 Å². The summed E-state index contributed by atoms with van der Waals surface area (Å²) in [6, 6.07) is 11.0. The van der Waals surface area contributed by atoms with Crippen molar-refractivity contribution in [2.75, 3.05) is 4.90 Å². The van der Waals surface area contributed by atoms with Gasteiger partial charge in [-0.25, -0.2) is 8.78 Å². The van der Waals surface area contributed by atoms with Crippen molar-refractivity contribution in [1.82, 2.24) is 0 Å². The molecule has 4 rings (SSSR count). The average Bonchev–Trinajstić information content (AvgIpc) is 2.62. The van der Waals surface area contributed by atoms with E-state index >= 15 is 0 Å². The minimum absolute atomic E-state index is 0.00300. The molecule has 0 N–H and O–H groups in total. The van der Waals surface area contributed by atoms with Crippen LogP contribution in [0, 0.1) is 24.0 Å². The molecule has 0 saturated heterocycles. The smallest absolute Gasteiger partial charge is 0.232 e. The molecule has 0 bridgehead atoms. The molecule has 2 aliphatic rings. The second kappa shape index (κ2) is 6.90. The highest BCUT2D eigenvalue weighted by atomic mass is 19.1. The highest BCUT2D eigenvalue weighted by Crippen LogP contribution is 2.48. The lowest BCUT2D eigenvalue weighted by molar-refractivity contribution is -0.121. The standard InChI is InChI=1S/C24H23F2NO2/c1-14-4-6-15(7-5-14)17-11-22(29)27(19-9-8-16(25)10-18(19)26)20-12-24(2,3)13-21(28)23(17)20/h4-10,17H,11-13H2,1-3H3/t17-/m1/s1. The number of anilines is 1. The summed E-state index contributed by atoms with van der Waals surface area (Å²) in [5.74, 6) is -2.16. The van der Waals surface area contributed by atoms with Crippen molar-refractivity contribution in [2.45, 2.75) is 46.0 Å². The Morgan fingerprint density at radius 3 is 2.34 bits per heavy atom. The molecule has 0 saturated carbocycles. The van der Waals surface area contributed by atoms with E-state index in [1.165, 1.54) is 11.0 Å². The Kier molecular flexibility index (Phi) is 4.64.